The van der Waals surface area contributed by atoms with Crippen molar-refractivity contribution in [3.05, 3.63) is 105 Å². The molecule has 3 heterocycles. The molecule has 3 aromatic carbocycles. The maximum absolute atomic E-state index is 13.7. The van der Waals surface area contributed by atoms with Gasteiger partial charge in [-0.05, 0) is 72.6 Å². The quantitative estimate of drug-likeness (QED) is 0.282. The van der Waals surface area contributed by atoms with Crippen molar-refractivity contribution >= 4 is 27.0 Å². The van der Waals surface area contributed by atoms with Crippen LogP contribution in [0.3, 0.4) is 0 Å². The van der Waals surface area contributed by atoms with Gasteiger partial charge in [-0.15, -0.1) is 0 Å². The molecule has 0 spiro atoms. The third-order valence-electron chi connectivity index (χ3n) is 6.54. The lowest BCUT2D eigenvalue weighted by Crippen LogP contribution is -2.34. The smallest absolute Gasteiger partial charge is 0.323 e. The van der Waals surface area contributed by atoms with Crippen LogP contribution in [0.1, 0.15) is 17.4 Å². The van der Waals surface area contributed by atoms with Crippen LogP contribution in [0, 0.1) is 5.82 Å². The van der Waals surface area contributed by atoms with E-state index in [4.69, 9.17) is 9.84 Å². The number of imidazole rings is 1. The van der Waals surface area contributed by atoms with Gasteiger partial charge in [-0.1, -0.05) is 22.0 Å². The Morgan fingerprint density at radius 3 is 2.59 bits per heavy atom. The van der Waals surface area contributed by atoms with Gasteiger partial charge in [0.05, 0.1) is 29.0 Å². The Morgan fingerprint density at radius 1 is 1.05 bits per heavy atom. The summed E-state index contributed by atoms with van der Waals surface area (Å²) in [6.07, 6.45) is 1.19. The number of nitrogens with zero attached hydrogens (tertiary/aromatic N) is 3. The Hall–Kier alpha value is -3.57. The number of nitrogens with one attached hydrogen (secondary N) is 2. The molecule has 0 aliphatic carbocycles. The molecule has 8 nitrogen and oxygen atoms in total. The van der Waals surface area contributed by atoms with Crippen LogP contribution < -0.4 is 5.69 Å². The average molecular weight is 564 g/mol. The Kier molecular flexibility index (Phi) is 6.25. The number of ether oxygens (including phenoxy) is 1. The van der Waals surface area contributed by atoms with Crippen molar-refractivity contribution in [2.45, 2.75) is 18.9 Å². The molecule has 1 saturated heterocycles. The Morgan fingerprint density at radius 2 is 1.81 bits per heavy atom. The van der Waals surface area contributed by atoms with Crippen LogP contribution in [0.4, 0.5) is 4.39 Å². The molecule has 37 heavy (non-hydrogen) atoms. The summed E-state index contributed by atoms with van der Waals surface area (Å²) >= 11 is 3.46. The average Bonchev–Trinajstić information content (AvgIpc) is 3.59. The van der Waals surface area contributed by atoms with E-state index in [2.05, 4.69) is 25.9 Å². The lowest BCUT2D eigenvalue weighted by Gasteiger charge is -2.25. The van der Waals surface area contributed by atoms with Crippen molar-refractivity contribution in [2.24, 2.45) is 0 Å². The summed E-state index contributed by atoms with van der Waals surface area (Å²) in [7, 11) is 0. The number of H-pyrrole nitrogens is 2. The predicted octanol–water partition coefficient (Wildman–Crippen LogP) is 4.50. The van der Waals surface area contributed by atoms with Crippen LogP contribution in [-0.4, -0.2) is 49.1 Å². The minimum absolute atomic E-state index is 0.154. The lowest BCUT2D eigenvalue weighted by atomic mass is 10.1. The molecule has 0 amide bonds. The molecule has 3 N–H and O–H groups in total. The van der Waals surface area contributed by atoms with Crippen molar-refractivity contribution in [1.29, 1.82) is 0 Å². The van der Waals surface area contributed by atoms with Gasteiger partial charge in [0.25, 0.3) is 0 Å². The molecular formula is C27H23BrFN5O3. The maximum Gasteiger partial charge on any atom is 0.323 e. The zero-order chi connectivity index (χ0) is 25.5. The number of aliphatic hydroxyl groups is 1. The molecule has 1 unspecified atom stereocenters. The first-order valence-electron chi connectivity index (χ1n) is 11.8. The van der Waals surface area contributed by atoms with E-state index in [-0.39, 0.29) is 18.1 Å². The SMILES string of the molecule is O=c1[nH]c2ccc(CCN3C(O)CO[C@@H]3c3cn(-c4ccc(Br)cc4)nc3-c3ccc(F)cc3)cc2[nH]1. The highest BCUT2D eigenvalue weighted by Gasteiger charge is 2.36. The molecule has 0 radical (unpaired) electrons. The van der Waals surface area contributed by atoms with E-state index in [9.17, 15) is 14.3 Å². The number of hydrogen-bond acceptors (Lipinski definition) is 5. The van der Waals surface area contributed by atoms with Gasteiger partial charge in [0.2, 0.25) is 0 Å². The summed E-state index contributed by atoms with van der Waals surface area (Å²) in [6, 6.07) is 19.7. The van der Waals surface area contributed by atoms with E-state index < -0.39 is 12.5 Å². The Balaban J connectivity index is 1.33. The summed E-state index contributed by atoms with van der Waals surface area (Å²) in [5.74, 6) is -0.326. The Labute approximate surface area is 219 Å². The summed E-state index contributed by atoms with van der Waals surface area (Å²) < 4.78 is 22.5. The topological polar surface area (TPSA) is 99.2 Å². The summed E-state index contributed by atoms with van der Waals surface area (Å²) in [5, 5.41) is 15.6. The van der Waals surface area contributed by atoms with Crippen LogP contribution in [-0.2, 0) is 11.2 Å². The fourth-order valence-electron chi connectivity index (χ4n) is 4.68. The highest BCUT2D eigenvalue weighted by atomic mass is 79.9. The fraction of sp³-hybridized carbons (Fsp3) is 0.185. The van der Waals surface area contributed by atoms with Gasteiger partial charge in [-0.3, -0.25) is 0 Å². The number of halogens is 2. The van der Waals surface area contributed by atoms with Crippen LogP contribution in [0.5, 0.6) is 0 Å². The Bertz CT molecular complexity index is 1610. The molecule has 1 fully saturated rings. The number of fused-ring (bicyclic) bond motifs is 1. The minimum Gasteiger partial charge on any atom is -0.376 e. The molecule has 2 aromatic heterocycles. The lowest BCUT2D eigenvalue weighted by molar-refractivity contribution is -0.000579. The van der Waals surface area contributed by atoms with E-state index >= 15 is 0 Å². The zero-order valence-electron chi connectivity index (χ0n) is 19.6. The van der Waals surface area contributed by atoms with Gasteiger partial charge in [0, 0.05) is 28.3 Å². The number of hydrogen-bond donors (Lipinski definition) is 3. The van der Waals surface area contributed by atoms with E-state index in [0.717, 1.165) is 37.9 Å². The monoisotopic (exact) mass is 563 g/mol. The van der Waals surface area contributed by atoms with E-state index in [1.54, 1.807) is 16.8 Å². The molecule has 188 valence electrons. The summed E-state index contributed by atoms with van der Waals surface area (Å²) in [5.41, 5.74) is 5.30. The second-order valence-corrected chi connectivity index (χ2v) is 9.89. The van der Waals surface area contributed by atoms with Gasteiger partial charge >= 0.3 is 5.69 Å². The number of aliphatic hydroxyl groups excluding tert-OH is 1. The molecule has 0 saturated carbocycles. The van der Waals surface area contributed by atoms with Crippen molar-refractivity contribution in [2.75, 3.05) is 13.2 Å². The van der Waals surface area contributed by atoms with Crippen LogP contribution in [0.2, 0.25) is 0 Å². The number of rotatable bonds is 6. The predicted molar refractivity (Wildman–Crippen MR) is 141 cm³/mol. The third kappa shape index (κ3) is 4.76. The first-order chi connectivity index (χ1) is 17.9. The minimum atomic E-state index is -0.794. The second-order valence-electron chi connectivity index (χ2n) is 8.97. The molecule has 0 bridgehead atoms. The standard InChI is InChI=1S/C27H23BrFN5O3/c28-18-4-8-20(9-5-18)34-14-21(25(32-34)17-2-6-19(29)7-3-17)26-33(24(35)15-37-26)12-11-16-1-10-22-23(13-16)31-27(36)30-22/h1-10,13-14,24,26,35H,11-12,15H2,(H2,30,31,36)/t24?,26-/m1/s1. The fourth-order valence-corrected chi connectivity index (χ4v) is 4.94. The van der Waals surface area contributed by atoms with Gasteiger partial charge < -0.3 is 19.8 Å². The third-order valence-corrected chi connectivity index (χ3v) is 7.07. The van der Waals surface area contributed by atoms with Crippen LogP contribution >= 0.6 is 15.9 Å². The van der Waals surface area contributed by atoms with Gasteiger partial charge in [0.1, 0.15) is 18.3 Å². The maximum atomic E-state index is 13.7. The van der Waals surface area contributed by atoms with Gasteiger partial charge in [-0.25, -0.2) is 18.8 Å². The van der Waals surface area contributed by atoms with Gasteiger partial charge in [0.15, 0.2) is 0 Å². The number of benzene rings is 3. The van der Waals surface area contributed by atoms with E-state index in [0.29, 0.717) is 18.7 Å². The molecule has 6 rings (SSSR count). The van der Waals surface area contributed by atoms with E-state index in [1.807, 2.05) is 53.6 Å². The highest BCUT2D eigenvalue weighted by molar-refractivity contribution is 9.10. The van der Waals surface area contributed by atoms with Crippen LogP contribution in [0.15, 0.2) is 82.2 Å². The molecule has 5 aromatic rings. The van der Waals surface area contributed by atoms with Crippen molar-refractivity contribution in [1.82, 2.24) is 24.6 Å². The summed E-state index contributed by atoms with van der Waals surface area (Å²) in [6.45, 7) is 0.666. The first kappa shape index (κ1) is 23.8. The largest absolute Gasteiger partial charge is 0.376 e. The molecule has 2 atom stereocenters. The number of aromatic nitrogens is 4. The van der Waals surface area contributed by atoms with E-state index in [1.165, 1.54) is 12.1 Å². The zero-order valence-corrected chi connectivity index (χ0v) is 21.2. The summed E-state index contributed by atoms with van der Waals surface area (Å²) in [4.78, 5) is 19.0. The number of aromatic amines is 2. The second kappa shape index (κ2) is 9.71. The van der Waals surface area contributed by atoms with Gasteiger partial charge in [-0.2, -0.15) is 5.10 Å². The molecule has 1 aliphatic rings. The van der Waals surface area contributed by atoms with Crippen molar-refractivity contribution < 1.29 is 14.2 Å². The molecule has 10 heteroatoms. The highest BCUT2D eigenvalue weighted by Crippen LogP contribution is 2.36. The van der Waals surface area contributed by atoms with Crippen LogP contribution in [0.25, 0.3) is 28.0 Å². The first-order valence-corrected chi connectivity index (χ1v) is 12.6. The molecule has 1 aliphatic heterocycles. The van der Waals surface area contributed by atoms with Crippen molar-refractivity contribution in [3.63, 3.8) is 0 Å². The molecular weight excluding hydrogens is 541 g/mol. The normalized spacial score (nSPS) is 18.1. The van der Waals surface area contributed by atoms with Crippen molar-refractivity contribution in [3.8, 4) is 16.9 Å².